The highest BCUT2D eigenvalue weighted by Crippen LogP contribution is 2.66. The van der Waals surface area contributed by atoms with Crippen molar-refractivity contribution in [3.8, 4) is 0 Å². The van der Waals surface area contributed by atoms with Gasteiger partial charge >= 0.3 is 21.3 Å². The third-order valence-corrected chi connectivity index (χ3v) is 16.1. The molecule has 8 heterocycles. The number of methoxy groups -OCH3 is 1. The van der Waals surface area contributed by atoms with E-state index in [0.717, 1.165) is 41.3 Å². The molecule has 14 N–H and O–H groups in total. The summed E-state index contributed by atoms with van der Waals surface area (Å²) < 4.78 is 107. The molecule has 0 aliphatic carbocycles. The summed E-state index contributed by atoms with van der Waals surface area (Å²) in [4.78, 5) is 99.9. The molecule has 6 aromatic heterocycles. The first-order valence-electron chi connectivity index (χ1n) is 21.3. The van der Waals surface area contributed by atoms with Gasteiger partial charge in [0.05, 0.1) is 45.8 Å². The molecular weight excluding hydrogens is 1110 g/mol. The lowest BCUT2D eigenvalue weighted by Crippen LogP contribution is -2.46. The van der Waals surface area contributed by atoms with Crippen molar-refractivity contribution in [2.75, 3.05) is 50.7 Å². The molecule has 43 heteroatoms. The van der Waals surface area contributed by atoms with E-state index in [-0.39, 0.29) is 51.2 Å². The number of imidazole rings is 3. The number of aromatic amines is 2. The molecule has 2 saturated heterocycles. The molecule has 14 atom stereocenters. The number of aliphatic hydroxyl groups is 4. The van der Waals surface area contributed by atoms with Crippen molar-refractivity contribution in [1.82, 2.24) is 53.6 Å². The number of aryl methyl sites for hydroxylation is 1. The highest BCUT2D eigenvalue weighted by atomic mass is 31.3. The van der Waals surface area contributed by atoms with Gasteiger partial charge < -0.3 is 89.3 Å². The minimum absolute atomic E-state index is 0.0245. The van der Waals surface area contributed by atoms with E-state index in [4.69, 9.17) is 45.2 Å². The number of nitrogens with one attached hydrogen (secondary N) is 2. The highest BCUT2D eigenvalue weighted by molar-refractivity contribution is 7.66. The van der Waals surface area contributed by atoms with E-state index >= 15 is 0 Å². The summed E-state index contributed by atoms with van der Waals surface area (Å²) in [6.45, 7) is -4.08. The topological polar surface area (TPSA) is 568 Å². The standard InChI is InChI=1S/C33H45N15O24P4/c1-45-12-48(27-19(45)29(54)44-33(36)42-27)16(6-50)67-13(5-49)7-65-75(59,60)72-76(61,62)71-74(57,58)64-4-3-14-22(23(63-2)31(68-14)46-10-39-17-24(34)37-9-38-25(17)46)70-73(55,56)66-8-15-20(51)21(52)30(69-15)47-11-40-18-26(47)41-32(35)43-28(18)53/h3-4,9-16,20-23,30-31,49-52H,5-8H2,1-2H3,(H11-,34,35,36,37,38,41,42,43,44,53,54,55,56,57,58,59,60,61,62)/p-1/b4-3-/t13-,14+,15+,16+,20-,21?,22-,23?,30+,31+/m0/s1. The molecule has 0 radical (unpaired) electrons. The van der Waals surface area contributed by atoms with Gasteiger partial charge in [0.1, 0.15) is 61.2 Å². The summed E-state index contributed by atoms with van der Waals surface area (Å²) in [5.41, 5.74) is 15.4. The third kappa shape index (κ3) is 12.1. The van der Waals surface area contributed by atoms with Crippen LogP contribution in [0.5, 0.6) is 0 Å². The second-order valence-corrected chi connectivity index (χ2v) is 21.9. The van der Waals surface area contributed by atoms with Crippen molar-refractivity contribution in [3.05, 3.63) is 58.4 Å². The highest BCUT2D eigenvalue weighted by Gasteiger charge is 2.50. The lowest BCUT2D eigenvalue weighted by atomic mass is 10.1. The van der Waals surface area contributed by atoms with Crippen LogP contribution in [0.4, 0.5) is 17.7 Å². The van der Waals surface area contributed by atoms with Gasteiger partial charge in [-0.15, -0.1) is 0 Å². The normalized spacial score (nSPS) is 26.2. The number of phosphoric ester groups is 3. The zero-order valence-corrected chi connectivity index (χ0v) is 42.2. The molecule has 39 nitrogen and oxygen atoms in total. The van der Waals surface area contributed by atoms with Gasteiger partial charge in [0.15, 0.2) is 41.4 Å². The average Bonchev–Trinajstić information content (AvgIpc) is 4.18. The first-order chi connectivity index (χ1) is 35.7. The Morgan fingerprint density at radius 2 is 1.53 bits per heavy atom. The maximum absolute atomic E-state index is 13.5. The molecule has 2 fully saturated rings. The SMILES string of the molecule is COC1[C@@H](OP(=O)([O-])OC[C@H]2O[C@@H](n3cnc4c(=O)[nH]c(N)nc43)C(O)[C@H]2O)[C@@H](/C=C\OP(=O)(O)OP(=O)(O)OP(=O)([O-])OC[C@H](CO)O[C@H](CO)[n+]2cn(C)c3c(=O)[nH]c(N)nc32)O[C@H]1n1cnc2c(N)ncnc21. The van der Waals surface area contributed by atoms with Crippen LogP contribution in [-0.4, -0.2) is 160 Å². The Balaban J connectivity index is 0.929. The van der Waals surface area contributed by atoms with Crippen LogP contribution >= 0.6 is 31.3 Å². The predicted octanol–water partition coefficient (Wildman–Crippen LogP) is -5.21. The van der Waals surface area contributed by atoms with Gasteiger partial charge in [-0.25, -0.2) is 37.9 Å². The Kier molecular flexibility index (Phi) is 16.4. The smallest absolute Gasteiger partial charge is 0.535 e. The van der Waals surface area contributed by atoms with E-state index in [9.17, 15) is 67.8 Å². The van der Waals surface area contributed by atoms with Crippen molar-refractivity contribution >= 4 is 82.5 Å². The van der Waals surface area contributed by atoms with Crippen molar-refractivity contribution in [2.24, 2.45) is 7.05 Å². The molecule has 76 heavy (non-hydrogen) atoms. The summed E-state index contributed by atoms with van der Waals surface area (Å²) in [5.74, 6) is -0.710. The molecule has 6 aromatic rings. The second kappa shape index (κ2) is 22.0. The number of fused-ring (bicyclic) bond motifs is 3. The number of phosphoric acid groups is 4. The van der Waals surface area contributed by atoms with Crippen LogP contribution in [0, 0.1) is 0 Å². The Hall–Kier alpha value is -5.57. The molecule has 0 aromatic carbocycles. The molecule has 8 rings (SSSR count). The Labute approximate surface area is 421 Å². The quantitative estimate of drug-likeness (QED) is 0.0162. The fourth-order valence-corrected chi connectivity index (χ4v) is 12.0. The van der Waals surface area contributed by atoms with Crippen molar-refractivity contribution in [2.45, 2.75) is 61.4 Å². The Bertz CT molecular complexity index is 3460. The van der Waals surface area contributed by atoms with Crippen LogP contribution < -0.4 is 42.7 Å². The summed E-state index contributed by atoms with van der Waals surface area (Å²) in [6, 6.07) is 0. The maximum Gasteiger partial charge on any atom is 0.535 e. The first kappa shape index (κ1) is 56.6. The second-order valence-electron chi connectivity index (χ2n) is 16.0. The number of nitrogens with zero attached hydrogens (tertiary/aromatic N) is 10. The number of H-pyrrole nitrogens is 2. The van der Waals surface area contributed by atoms with Gasteiger partial charge in [0, 0.05) is 7.11 Å². The molecular formula is C33H44N15O24P4-. The van der Waals surface area contributed by atoms with E-state index < -0.39 is 130 Å². The largest absolute Gasteiger partial charge is 0.756 e. The minimum Gasteiger partial charge on any atom is -0.756 e. The maximum atomic E-state index is 13.5. The zero-order chi connectivity index (χ0) is 55.2. The summed E-state index contributed by atoms with van der Waals surface area (Å²) >= 11 is 0. The van der Waals surface area contributed by atoms with Crippen molar-refractivity contribution in [3.63, 3.8) is 0 Å². The fraction of sp³-hybridized carbons (Fsp3) is 0.485. The monoisotopic (exact) mass is 1160 g/mol. The van der Waals surface area contributed by atoms with Crippen LogP contribution in [0.3, 0.4) is 0 Å². The minimum atomic E-state index is -6.22. The number of hydrogen-bond donors (Lipinski definition) is 11. The number of nitrogens with two attached hydrogens (primary N) is 3. The number of nitrogen functional groups attached to an aromatic ring is 3. The van der Waals surface area contributed by atoms with Gasteiger partial charge in [-0.05, 0) is 6.08 Å². The summed E-state index contributed by atoms with van der Waals surface area (Å²) in [5, 5.41) is 41.6. The fourth-order valence-electron chi connectivity index (χ4n) is 7.75. The molecule has 6 unspecified atom stereocenters. The van der Waals surface area contributed by atoms with Crippen LogP contribution in [0.1, 0.15) is 18.7 Å². The van der Waals surface area contributed by atoms with Crippen LogP contribution in [0.25, 0.3) is 33.5 Å². The molecule has 0 amide bonds. The number of ether oxygens (including phenoxy) is 4. The van der Waals surface area contributed by atoms with E-state index in [0.29, 0.717) is 6.26 Å². The van der Waals surface area contributed by atoms with E-state index in [2.05, 4.69) is 57.5 Å². The number of rotatable bonds is 23. The summed E-state index contributed by atoms with van der Waals surface area (Å²) in [6.07, 6.45) is -10.9. The molecule has 0 spiro atoms. The van der Waals surface area contributed by atoms with Gasteiger partial charge in [0.25, 0.3) is 32.7 Å². The molecule has 0 saturated carbocycles. The average molecular weight is 1160 g/mol. The third-order valence-electron chi connectivity index (χ3n) is 11.0. The number of anilines is 3. The van der Waals surface area contributed by atoms with E-state index in [1.165, 1.54) is 22.5 Å². The summed E-state index contributed by atoms with van der Waals surface area (Å²) in [7, 11) is -21.3. The first-order valence-corrected chi connectivity index (χ1v) is 27.2. The zero-order valence-electron chi connectivity index (χ0n) is 38.6. The van der Waals surface area contributed by atoms with Gasteiger partial charge in [-0.1, -0.05) is 4.98 Å². The van der Waals surface area contributed by atoms with Crippen LogP contribution in [-0.2, 0) is 71.0 Å². The van der Waals surface area contributed by atoms with Crippen LogP contribution in [0.15, 0.2) is 47.2 Å². The van der Waals surface area contributed by atoms with Gasteiger partial charge in [-0.2, -0.15) is 9.29 Å². The van der Waals surface area contributed by atoms with E-state index in [1.54, 1.807) is 0 Å². The van der Waals surface area contributed by atoms with Crippen LogP contribution in [0.2, 0.25) is 0 Å². The lowest BCUT2D eigenvalue weighted by molar-refractivity contribution is -0.746. The predicted molar refractivity (Wildman–Crippen MR) is 241 cm³/mol. The van der Waals surface area contributed by atoms with Gasteiger partial charge in [-0.3, -0.25) is 47.3 Å². The van der Waals surface area contributed by atoms with Crippen molar-refractivity contribution < 1.29 is 108 Å². The number of hydrogen-bond acceptors (Lipinski definition) is 31. The number of aromatic nitrogens is 12. The number of aliphatic hydroxyl groups excluding tert-OH is 4. The van der Waals surface area contributed by atoms with Crippen molar-refractivity contribution in [1.29, 1.82) is 0 Å². The molecule has 0 bridgehead atoms. The Morgan fingerprint density at radius 3 is 2.22 bits per heavy atom. The molecule has 2 aliphatic heterocycles. The van der Waals surface area contributed by atoms with Gasteiger partial charge in [0.2, 0.25) is 17.7 Å². The molecule has 2 aliphatic rings. The van der Waals surface area contributed by atoms with E-state index in [1.807, 2.05) is 0 Å². The Morgan fingerprint density at radius 1 is 0.842 bits per heavy atom. The molecule has 416 valence electrons. The lowest BCUT2D eigenvalue weighted by Gasteiger charge is -2.31.